The number of hydrogen-bond acceptors (Lipinski definition) is 4. The Kier molecular flexibility index (Phi) is 5.27. The van der Waals surface area contributed by atoms with Gasteiger partial charge in [0.2, 0.25) is 0 Å². The van der Waals surface area contributed by atoms with Crippen LogP contribution in [0, 0.1) is 0 Å². The molecule has 1 rings (SSSR count). The Morgan fingerprint density at radius 2 is 1.83 bits per heavy atom. The molecule has 0 atom stereocenters. The highest BCUT2D eigenvalue weighted by Crippen LogP contribution is 2.08. The highest BCUT2D eigenvalue weighted by Gasteiger charge is 2.24. The second kappa shape index (κ2) is 6.49. The van der Waals surface area contributed by atoms with Gasteiger partial charge < -0.3 is 20.3 Å². The number of aliphatic hydroxyl groups excluding tert-OH is 2. The summed E-state index contributed by atoms with van der Waals surface area (Å²) in [6, 6.07) is 6.96. The Labute approximate surface area is 106 Å². The van der Waals surface area contributed by atoms with Gasteiger partial charge in [-0.15, -0.1) is 0 Å². The SMILES string of the molecule is COCc1ccc(C(=O)NC(C)(CO)CO)cc1. The summed E-state index contributed by atoms with van der Waals surface area (Å²) < 4.78 is 4.98. The smallest absolute Gasteiger partial charge is 0.251 e. The highest BCUT2D eigenvalue weighted by atomic mass is 16.5. The second-order valence-electron chi connectivity index (χ2n) is 4.46. The van der Waals surface area contributed by atoms with Crippen LogP contribution in [0.5, 0.6) is 0 Å². The molecule has 0 saturated heterocycles. The van der Waals surface area contributed by atoms with Crippen LogP contribution in [0.3, 0.4) is 0 Å². The van der Waals surface area contributed by atoms with Crippen LogP contribution < -0.4 is 5.32 Å². The number of aliphatic hydroxyl groups is 2. The molecule has 0 bridgehead atoms. The molecule has 18 heavy (non-hydrogen) atoms. The maximum absolute atomic E-state index is 11.9. The van der Waals surface area contributed by atoms with E-state index in [-0.39, 0.29) is 19.1 Å². The van der Waals surface area contributed by atoms with Crippen molar-refractivity contribution in [2.75, 3.05) is 20.3 Å². The molecular formula is C13H19NO4. The number of rotatable bonds is 6. The molecule has 0 aromatic heterocycles. The van der Waals surface area contributed by atoms with Crippen LogP contribution in [0.1, 0.15) is 22.8 Å². The third-order valence-electron chi connectivity index (χ3n) is 2.64. The minimum absolute atomic E-state index is 0.322. The van der Waals surface area contributed by atoms with E-state index in [0.29, 0.717) is 12.2 Å². The quantitative estimate of drug-likeness (QED) is 0.681. The Bertz CT molecular complexity index is 384. The van der Waals surface area contributed by atoms with E-state index in [0.717, 1.165) is 5.56 Å². The lowest BCUT2D eigenvalue weighted by atomic mass is 10.0. The van der Waals surface area contributed by atoms with E-state index in [4.69, 9.17) is 14.9 Å². The summed E-state index contributed by atoms with van der Waals surface area (Å²) in [6.07, 6.45) is 0. The van der Waals surface area contributed by atoms with Gasteiger partial charge in [-0.1, -0.05) is 12.1 Å². The Morgan fingerprint density at radius 3 is 2.28 bits per heavy atom. The summed E-state index contributed by atoms with van der Waals surface area (Å²) in [7, 11) is 1.61. The molecule has 0 aliphatic carbocycles. The lowest BCUT2D eigenvalue weighted by molar-refractivity contribution is 0.0724. The van der Waals surface area contributed by atoms with Crippen LogP contribution in [0.15, 0.2) is 24.3 Å². The fraction of sp³-hybridized carbons (Fsp3) is 0.462. The first kappa shape index (κ1) is 14.6. The van der Waals surface area contributed by atoms with Gasteiger partial charge in [0.15, 0.2) is 0 Å². The molecule has 1 aromatic rings. The molecular weight excluding hydrogens is 234 g/mol. The minimum Gasteiger partial charge on any atom is -0.394 e. The standard InChI is InChI=1S/C13H19NO4/c1-13(8-15,9-16)14-12(17)11-5-3-10(4-6-11)7-18-2/h3-6,15-16H,7-9H2,1-2H3,(H,14,17). The zero-order valence-electron chi connectivity index (χ0n) is 10.6. The average Bonchev–Trinajstić information content (AvgIpc) is 2.39. The molecule has 5 nitrogen and oxygen atoms in total. The topological polar surface area (TPSA) is 78.8 Å². The van der Waals surface area contributed by atoms with Crippen LogP contribution in [-0.2, 0) is 11.3 Å². The molecule has 0 unspecified atom stereocenters. The molecule has 0 saturated carbocycles. The van der Waals surface area contributed by atoms with Crippen LogP contribution >= 0.6 is 0 Å². The van der Waals surface area contributed by atoms with Gasteiger partial charge in [-0.3, -0.25) is 4.79 Å². The lowest BCUT2D eigenvalue weighted by Gasteiger charge is -2.26. The van der Waals surface area contributed by atoms with Gasteiger partial charge in [-0.2, -0.15) is 0 Å². The molecule has 0 spiro atoms. The molecule has 0 radical (unpaired) electrons. The van der Waals surface area contributed by atoms with Gasteiger partial charge >= 0.3 is 0 Å². The Hall–Kier alpha value is -1.43. The summed E-state index contributed by atoms with van der Waals surface area (Å²) in [6.45, 7) is 1.42. The maximum atomic E-state index is 11.9. The van der Waals surface area contributed by atoms with E-state index in [1.807, 2.05) is 0 Å². The van der Waals surface area contributed by atoms with Crippen molar-refractivity contribution < 1.29 is 19.7 Å². The predicted molar refractivity (Wildman–Crippen MR) is 67.2 cm³/mol. The largest absolute Gasteiger partial charge is 0.394 e. The zero-order chi connectivity index (χ0) is 13.6. The van der Waals surface area contributed by atoms with Crippen molar-refractivity contribution >= 4 is 5.91 Å². The van der Waals surface area contributed by atoms with Gasteiger partial charge in [0.25, 0.3) is 5.91 Å². The van der Waals surface area contributed by atoms with Crippen molar-refractivity contribution in [2.45, 2.75) is 19.1 Å². The molecule has 100 valence electrons. The highest BCUT2D eigenvalue weighted by molar-refractivity contribution is 5.94. The summed E-state index contributed by atoms with van der Waals surface area (Å²) in [5.74, 6) is -0.329. The monoisotopic (exact) mass is 253 g/mol. The molecule has 0 heterocycles. The number of methoxy groups -OCH3 is 1. The van der Waals surface area contributed by atoms with Crippen molar-refractivity contribution in [1.29, 1.82) is 0 Å². The van der Waals surface area contributed by atoms with Gasteiger partial charge in [0, 0.05) is 12.7 Å². The van der Waals surface area contributed by atoms with E-state index in [1.165, 1.54) is 0 Å². The normalized spacial score (nSPS) is 11.3. The fourth-order valence-electron chi connectivity index (χ4n) is 1.39. The first-order valence-electron chi connectivity index (χ1n) is 5.67. The maximum Gasteiger partial charge on any atom is 0.251 e. The van der Waals surface area contributed by atoms with Crippen molar-refractivity contribution in [3.63, 3.8) is 0 Å². The van der Waals surface area contributed by atoms with Crippen LogP contribution in [0.2, 0.25) is 0 Å². The molecule has 5 heteroatoms. The Morgan fingerprint density at radius 1 is 1.28 bits per heavy atom. The van der Waals surface area contributed by atoms with Gasteiger partial charge in [0.05, 0.1) is 25.4 Å². The van der Waals surface area contributed by atoms with Crippen LogP contribution in [0.25, 0.3) is 0 Å². The second-order valence-corrected chi connectivity index (χ2v) is 4.46. The number of benzene rings is 1. The number of ether oxygens (including phenoxy) is 1. The number of hydrogen-bond donors (Lipinski definition) is 3. The lowest BCUT2D eigenvalue weighted by Crippen LogP contribution is -2.51. The van der Waals surface area contributed by atoms with Crippen LogP contribution in [-0.4, -0.2) is 42.0 Å². The number of carbonyl (C=O) groups excluding carboxylic acids is 1. The summed E-state index contributed by atoms with van der Waals surface area (Å²) in [5, 5.41) is 20.8. The van der Waals surface area contributed by atoms with Gasteiger partial charge in [-0.05, 0) is 24.6 Å². The molecule has 0 fully saturated rings. The number of nitrogens with one attached hydrogen (secondary N) is 1. The van der Waals surface area contributed by atoms with Crippen molar-refractivity contribution in [2.24, 2.45) is 0 Å². The summed E-state index contributed by atoms with van der Waals surface area (Å²) in [5.41, 5.74) is 0.437. The molecule has 1 aromatic carbocycles. The Balaban J connectivity index is 2.72. The first-order valence-corrected chi connectivity index (χ1v) is 5.67. The number of carbonyl (C=O) groups is 1. The van der Waals surface area contributed by atoms with Gasteiger partial charge in [0.1, 0.15) is 0 Å². The molecule has 0 aliphatic heterocycles. The number of amides is 1. The summed E-state index contributed by atoms with van der Waals surface area (Å²) >= 11 is 0. The van der Waals surface area contributed by atoms with E-state index in [1.54, 1.807) is 38.3 Å². The van der Waals surface area contributed by atoms with Crippen molar-refractivity contribution in [3.8, 4) is 0 Å². The minimum atomic E-state index is -1.01. The van der Waals surface area contributed by atoms with E-state index >= 15 is 0 Å². The molecule has 3 N–H and O–H groups in total. The van der Waals surface area contributed by atoms with E-state index < -0.39 is 5.54 Å². The van der Waals surface area contributed by atoms with Crippen LogP contribution in [0.4, 0.5) is 0 Å². The third kappa shape index (κ3) is 3.80. The average molecular weight is 253 g/mol. The van der Waals surface area contributed by atoms with E-state index in [2.05, 4.69) is 5.32 Å². The molecule has 1 amide bonds. The zero-order valence-corrected chi connectivity index (χ0v) is 10.6. The summed E-state index contributed by atoms with van der Waals surface area (Å²) in [4.78, 5) is 11.9. The predicted octanol–water partition coefficient (Wildman–Crippen LogP) is 0.306. The van der Waals surface area contributed by atoms with Crippen molar-refractivity contribution in [1.82, 2.24) is 5.32 Å². The third-order valence-corrected chi connectivity index (χ3v) is 2.64. The van der Waals surface area contributed by atoms with Gasteiger partial charge in [-0.25, -0.2) is 0 Å². The molecule has 0 aliphatic rings. The first-order chi connectivity index (χ1) is 8.54. The van der Waals surface area contributed by atoms with E-state index in [9.17, 15) is 4.79 Å². The van der Waals surface area contributed by atoms with Crippen molar-refractivity contribution in [3.05, 3.63) is 35.4 Å². The fourth-order valence-corrected chi connectivity index (χ4v) is 1.39.